The van der Waals surface area contributed by atoms with E-state index in [-0.39, 0.29) is 12.9 Å². The molecular weight excluding hydrogens is 400 g/mol. The smallest absolute Gasteiger partial charge is 0.177 e. The van der Waals surface area contributed by atoms with E-state index in [0.29, 0.717) is 6.61 Å². The molecule has 1 aliphatic rings. The van der Waals surface area contributed by atoms with Gasteiger partial charge in [0.1, 0.15) is 0 Å². The Balaban J connectivity index is 1.83. The highest BCUT2D eigenvalue weighted by molar-refractivity contribution is 7.16. The average molecular weight is 431 g/mol. The number of hydrogen-bond acceptors (Lipinski definition) is 3. The molecule has 1 N–H and O–H groups in total. The number of rotatable bonds is 8. The van der Waals surface area contributed by atoms with Crippen LogP contribution in [0.3, 0.4) is 0 Å². The molecule has 4 heteroatoms. The first-order valence-corrected chi connectivity index (χ1v) is 13.1. The normalized spacial score (nSPS) is 17.5. The van der Waals surface area contributed by atoms with Crippen molar-refractivity contribution in [2.24, 2.45) is 0 Å². The summed E-state index contributed by atoms with van der Waals surface area (Å²) in [5, 5.41) is 15.5. The van der Waals surface area contributed by atoms with Crippen LogP contribution >= 0.6 is 0 Å². The first-order valence-electron chi connectivity index (χ1n) is 11.1. The van der Waals surface area contributed by atoms with Crippen LogP contribution in [0, 0.1) is 0 Å². The van der Waals surface area contributed by atoms with Gasteiger partial charge in [-0.05, 0) is 40.0 Å². The fraction of sp³-hybridized carbons (Fsp3) is 0.259. The van der Waals surface area contributed by atoms with E-state index in [9.17, 15) is 5.11 Å². The number of hydrogen-bond donors (Lipinski definition) is 1. The highest BCUT2D eigenvalue weighted by Crippen LogP contribution is 2.19. The monoisotopic (exact) mass is 430 g/mol. The van der Waals surface area contributed by atoms with Crippen molar-refractivity contribution in [3.63, 3.8) is 0 Å². The molecule has 1 heterocycles. The van der Waals surface area contributed by atoms with Crippen LogP contribution in [0.15, 0.2) is 102 Å². The largest absolute Gasteiger partial charge is 0.392 e. The SMILES string of the molecule is OC/C(=C\COC1CCCCO1)[Si](c1ccccc1)(c1ccccc1)c1ccccc1. The van der Waals surface area contributed by atoms with E-state index in [1.807, 2.05) is 18.2 Å². The van der Waals surface area contributed by atoms with Crippen LogP contribution in [0.4, 0.5) is 0 Å². The highest BCUT2D eigenvalue weighted by atomic mass is 28.3. The van der Waals surface area contributed by atoms with Gasteiger partial charge in [-0.3, -0.25) is 0 Å². The van der Waals surface area contributed by atoms with Crippen molar-refractivity contribution in [2.75, 3.05) is 19.8 Å². The molecule has 3 aromatic carbocycles. The average Bonchev–Trinajstić information content (AvgIpc) is 2.86. The lowest BCUT2D eigenvalue weighted by molar-refractivity contribution is -0.155. The molecule has 0 radical (unpaired) electrons. The maximum Gasteiger partial charge on any atom is 0.177 e. The Hall–Kier alpha value is -2.50. The molecule has 1 saturated heterocycles. The lowest BCUT2D eigenvalue weighted by atomic mass is 10.2. The van der Waals surface area contributed by atoms with Gasteiger partial charge in [0.15, 0.2) is 14.4 Å². The summed E-state index contributed by atoms with van der Waals surface area (Å²) in [6, 6.07) is 31.8. The minimum absolute atomic E-state index is 0.0141. The molecule has 1 aliphatic heterocycles. The minimum atomic E-state index is -2.65. The third kappa shape index (κ3) is 4.73. The predicted molar refractivity (Wildman–Crippen MR) is 129 cm³/mol. The summed E-state index contributed by atoms with van der Waals surface area (Å²) in [6.45, 7) is 1.18. The molecule has 160 valence electrons. The van der Waals surface area contributed by atoms with Crippen LogP contribution < -0.4 is 15.6 Å². The van der Waals surface area contributed by atoms with E-state index in [0.717, 1.165) is 31.1 Å². The van der Waals surface area contributed by atoms with E-state index in [1.54, 1.807) is 0 Å². The quantitative estimate of drug-likeness (QED) is 0.441. The second kappa shape index (κ2) is 10.7. The summed E-state index contributed by atoms with van der Waals surface area (Å²) in [7, 11) is -2.65. The van der Waals surface area contributed by atoms with E-state index >= 15 is 0 Å². The van der Waals surface area contributed by atoms with Crippen molar-refractivity contribution in [1.29, 1.82) is 0 Å². The number of ether oxygens (including phenoxy) is 2. The number of aliphatic hydroxyl groups is 1. The van der Waals surface area contributed by atoms with Crippen LogP contribution in [-0.2, 0) is 9.47 Å². The fourth-order valence-electron chi connectivity index (χ4n) is 4.56. The van der Waals surface area contributed by atoms with E-state index in [1.165, 1.54) is 15.6 Å². The topological polar surface area (TPSA) is 38.7 Å². The van der Waals surface area contributed by atoms with E-state index < -0.39 is 8.07 Å². The molecule has 0 spiro atoms. The van der Waals surface area contributed by atoms with Crippen molar-refractivity contribution in [2.45, 2.75) is 25.6 Å². The van der Waals surface area contributed by atoms with Crippen LogP contribution in [-0.4, -0.2) is 39.3 Å². The van der Waals surface area contributed by atoms with Gasteiger partial charge in [0.2, 0.25) is 0 Å². The zero-order chi connectivity index (χ0) is 21.4. The fourth-order valence-corrected chi connectivity index (χ4v) is 9.37. The lowest BCUT2D eigenvalue weighted by Crippen LogP contribution is -2.69. The predicted octanol–water partition coefficient (Wildman–Crippen LogP) is 3.16. The molecule has 31 heavy (non-hydrogen) atoms. The number of aliphatic hydroxyl groups excluding tert-OH is 1. The molecule has 3 aromatic rings. The first kappa shape index (κ1) is 21.7. The summed E-state index contributed by atoms with van der Waals surface area (Å²) >= 11 is 0. The van der Waals surface area contributed by atoms with Crippen molar-refractivity contribution in [3.05, 3.63) is 102 Å². The standard InChI is InChI=1S/C27H30O3Si/c28-22-26(19-21-30-27-18-10-11-20-29-27)31(23-12-4-1-5-13-23,24-14-6-2-7-15-24)25-16-8-3-9-17-25/h1-9,12-17,19,27-28H,10-11,18,20-22H2/b26-19+. The first-order chi connectivity index (χ1) is 15.4. The third-order valence-corrected chi connectivity index (χ3v) is 10.9. The van der Waals surface area contributed by atoms with Gasteiger partial charge in [-0.2, -0.15) is 0 Å². The Bertz CT molecular complexity index is 855. The molecule has 1 atom stereocenters. The van der Waals surface area contributed by atoms with Crippen molar-refractivity contribution in [1.82, 2.24) is 0 Å². The van der Waals surface area contributed by atoms with Crippen LogP contribution in [0.1, 0.15) is 19.3 Å². The Morgan fingerprint density at radius 1 is 0.839 bits per heavy atom. The molecule has 0 bridgehead atoms. The van der Waals surface area contributed by atoms with Gasteiger partial charge in [0.25, 0.3) is 0 Å². The van der Waals surface area contributed by atoms with Gasteiger partial charge < -0.3 is 14.6 Å². The van der Waals surface area contributed by atoms with Gasteiger partial charge in [-0.25, -0.2) is 0 Å². The third-order valence-electron chi connectivity index (χ3n) is 6.02. The molecule has 1 fully saturated rings. The van der Waals surface area contributed by atoms with Crippen LogP contribution in [0.5, 0.6) is 0 Å². The Morgan fingerprint density at radius 2 is 1.35 bits per heavy atom. The molecule has 4 rings (SSSR count). The van der Waals surface area contributed by atoms with E-state index in [2.05, 4.69) is 78.9 Å². The second-order valence-corrected chi connectivity index (χ2v) is 11.7. The summed E-state index contributed by atoms with van der Waals surface area (Å²) in [5.41, 5.74) is 0. The minimum Gasteiger partial charge on any atom is -0.392 e. The zero-order valence-corrected chi connectivity index (χ0v) is 18.8. The summed E-state index contributed by atoms with van der Waals surface area (Å²) in [6.07, 6.45) is 5.12. The second-order valence-electron chi connectivity index (χ2n) is 7.87. The van der Waals surface area contributed by atoms with Gasteiger partial charge in [0.05, 0.1) is 13.2 Å². The van der Waals surface area contributed by atoms with Gasteiger partial charge in [-0.1, -0.05) is 97.1 Å². The van der Waals surface area contributed by atoms with Crippen molar-refractivity contribution >= 4 is 23.6 Å². The van der Waals surface area contributed by atoms with Crippen LogP contribution in [0.25, 0.3) is 0 Å². The maximum absolute atomic E-state index is 10.7. The molecular formula is C27H30O3Si. The zero-order valence-electron chi connectivity index (χ0n) is 17.8. The van der Waals surface area contributed by atoms with Gasteiger partial charge >= 0.3 is 0 Å². The Kier molecular flexibility index (Phi) is 7.49. The molecule has 3 nitrogen and oxygen atoms in total. The number of benzene rings is 3. The summed E-state index contributed by atoms with van der Waals surface area (Å²) < 4.78 is 11.8. The van der Waals surface area contributed by atoms with Crippen LogP contribution in [0.2, 0.25) is 0 Å². The molecule has 0 aliphatic carbocycles. The maximum atomic E-state index is 10.7. The summed E-state index contributed by atoms with van der Waals surface area (Å²) in [4.78, 5) is 0. The molecule has 1 unspecified atom stereocenters. The highest BCUT2D eigenvalue weighted by Gasteiger charge is 2.42. The van der Waals surface area contributed by atoms with Gasteiger partial charge in [-0.15, -0.1) is 0 Å². The van der Waals surface area contributed by atoms with Gasteiger partial charge in [0, 0.05) is 6.61 Å². The molecule has 0 amide bonds. The Morgan fingerprint density at radius 3 is 1.77 bits per heavy atom. The molecule has 0 saturated carbocycles. The molecule has 0 aromatic heterocycles. The lowest BCUT2D eigenvalue weighted by Gasteiger charge is -2.36. The van der Waals surface area contributed by atoms with Crippen molar-refractivity contribution < 1.29 is 14.6 Å². The summed E-state index contributed by atoms with van der Waals surface area (Å²) in [5.74, 6) is 0. The Labute approximate surface area is 186 Å². The van der Waals surface area contributed by atoms with Crippen molar-refractivity contribution in [3.8, 4) is 0 Å². The van der Waals surface area contributed by atoms with E-state index in [4.69, 9.17) is 9.47 Å².